The van der Waals surface area contributed by atoms with E-state index >= 15 is 0 Å². The molecule has 0 nitrogen and oxygen atoms in total. The molecular weight excluding hydrogens is 171 g/mol. The molecule has 0 saturated heterocycles. The third-order valence-electron chi connectivity index (χ3n) is 1.43. The Labute approximate surface area is 67.6 Å². The first kappa shape index (κ1) is 9.10. The summed E-state index contributed by atoms with van der Waals surface area (Å²) < 4.78 is 48.5. The second-order valence-electron chi connectivity index (χ2n) is 2.48. The van der Waals surface area contributed by atoms with Crippen molar-refractivity contribution < 1.29 is 17.6 Å². The quantitative estimate of drug-likeness (QED) is 0.410. The van der Waals surface area contributed by atoms with Crippen molar-refractivity contribution in [3.8, 4) is 0 Å². The van der Waals surface area contributed by atoms with Crippen molar-refractivity contribution in [3.63, 3.8) is 0 Å². The van der Waals surface area contributed by atoms with E-state index in [1.165, 1.54) is 13.9 Å². The van der Waals surface area contributed by atoms with Gasteiger partial charge in [0.25, 0.3) is 0 Å². The highest BCUT2D eigenvalue weighted by Crippen LogP contribution is 2.30. The molecule has 0 bridgehead atoms. The van der Waals surface area contributed by atoms with E-state index in [9.17, 15) is 17.6 Å². The highest BCUT2D eigenvalue weighted by molar-refractivity contribution is 6.32. The summed E-state index contributed by atoms with van der Waals surface area (Å²) in [6.45, 7) is 0. The summed E-state index contributed by atoms with van der Waals surface area (Å²) in [6.07, 6.45) is -4.60. The van der Waals surface area contributed by atoms with Crippen LogP contribution in [0.5, 0.6) is 0 Å². The van der Waals surface area contributed by atoms with Crippen LogP contribution in [0.2, 0.25) is 0 Å². The van der Waals surface area contributed by atoms with Crippen molar-refractivity contribution in [2.45, 2.75) is 6.18 Å². The minimum Gasteiger partial charge on any atom is -0.206 e. The van der Waals surface area contributed by atoms with E-state index in [1.54, 1.807) is 0 Å². The average Bonchev–Trinajstić information content (AvgIpc) is 1.92. The van der Waals surface area contributed by atoms with E-state index in [0.29, 0.717) is 5.46 Å². The van der Waals surface area contributed by atoms with Gasteiger partial charge in [0, 0.05) is 0 Å². The van der Waals surface area contributed by atoms with Gasteiger partial charge in [0.2, 0.25) is 0 Å². The van der Waals surface area contributed by atoms with Crippen molar-refractivity contribution in [3.05, 3.63) is 29.6 Å². The maximum atomic E-state index is 12.5. The molecular formula is C7H5BF4. The molecule has 1 rings (SSSR count). The molecule has 12 heavy (non-hydrogen) atoms. The lowest BCUT2D eigenvalue weighted by atomic mass is 9.94. The molecule has 0 saturated carbocycles. The van der Waals surface area contributed by atoms with Gasteiger partial charge in [-0.3, -0.25) is 0 Å². The van der Waals surface area contributed by atoms with E-state index in [0.717, 1.165) is 12.1 Å². The van der Waals surface area contributed by atoms with Gasteiger partial charge in [-0.05, 0) is 6.07 Å². The normalized spacial score (nSPS) is 11.7. The third-order valence-corrected chi connectivity index (χ3v) is 1.43. The van der Waals surface area contributed by atoms with Gasteiger partial charge < -0.3 is 0 Å². The van der Waals surface area contributed by atoms with Crippen LogP contribution in [0.25, 0.3) is 0 Å². The van der Waals surface area contributed by atoms with Crippen molar-refractivity contribution in [2.24, 2.45) is 0 Å². The first-order chi connectivity index (χ1) is 5.41. The Hall–Kier alpha value is -0.995. The first-order valence-electron chi connectivity index (χ1n) is 3.24. The van der Waals surface area contributed by atoms with Crippen molar-refractivity contribution in [1.29, 1.82) is 0 Å². The summed E-state index contributed by atoms with van der Waals surface area (Å²) in [6, 6.07) is 2.90. The Balaban J connectivity index is 3.23. The summed E-state index contributed by atoms with van der Waals surface area (Å²) in [4.78, 5) is 0. The number of benzene rings is 1. The van der Waals surface area contributed by atoms with Crippen molar-refractivity contribution >= 4 is 13.3 Å². The van der Waals surface area contributed by atoms with Crippen LogP contribution in [0.15, 0.2) is 18.2 Å². The van der Waals surface area contributed by atoms with E-state index in [4.69, 9.17) is 0 Å². The lowest BCUT2D eigenvalue weighted by molar-refractivity contribution is -0.139. The molecule has 0 radical (unpaired) electrons. The summed E-state index contributed by atoms with van der Waals surface area (Å²) in [5.74, 6) is -1.23. The highest BCUT2D eigenvalue weighted by atomic mass is 19.4. The average molecular weight is 176 g/mol. The van der Waals surface area contributed by atoms with Gasteiger partial charge in [-0.15, -0.1) is 0 Å². The van der Waals surface area contributed by atoms with Crippen LogP contribution >= 0.6 is 0 Å². The Morgan fingerprint density at radius 2 is 1.75 bits per heavy atom. The Morgan fingerprint density at radius 3 is 2.17 bits per heavy atom. The molecule has 0 unspecified atom stereocenters. The minimum absolute atomic E-state index is 0.392. The maximum absolute atomic E-state index is 12.5. The van der Waals surface area contributed by atoms with Gasteiger partial charge in [0.05, 0.1) is 5.56 Å². The maximum Gasteiger partial charge on any atom is 0.419 e. The molecule has 0 aromatic heterocycles. The van der Waals surface area contributed by atoms with Crippen LogP contribution in [-0.4, -0.2) is 7.85 Å². The van der Waals surface area contributed by atoms with Crippen LogP contribution in [0, 0.1) is 5.82 Å². The minimum atomic E-state index is -4.60. The summed E-state index contributed by atoms with van der Waals surface area (Å²) >= 11 is 0. The fraction of sp³-hybridized carbons (Fsp3) is 0.143. The zero-order valence-corrected chi connectivity index (χ0v) is 6.24. The number of rotatable bonds is 0. The van der Waals surface area contributed by atoms with E-state index in [1.807, 2.05) is 0 Å². The lowest BCUT2D eigenvalue weighted by Crippen LogP contribution is -2.13. The van der Waals surface area contributed by atoms with Gasteiger partial charge >= 0.3 is 6.18 Å². The molecule has 0 aliphatic rings. The first-order valence-corrected chi connectivity index (χ1v) is 3.24. The van der Waals surface area contributed by atoms with Crippen molar-refractivity contribution in [1.82, 2.24) is 0 Å². The molecule has 0 aliphatic carbocycles. The molecule has 1 aromatic rings. The zero-order chi connectivity index (χ0) is 9.35. The fourth-order valence-corrected chi connectivity index (χ4v) is 0.856. The van der Waals surface area contributed by atoms with Gasteiger partial charge in [-0.2, -0.15) is 13.2 Å². The highest BCUT2D eigenvalue weighted by Gasteiger charge is 2.33. The molecule has 0 amide bonds. The van der Waals surface area contributed by atoms with Crippen molar-refractivity contribution in [2.75, 3.05) is 0 Å². The van der Waals surface area contributed by atoms with Crippen LogP contribution in [0.4, 0.5) is 17.6 Å². The Bertz CT molecular complexity index is 292. The molecule has 0 spiro atoms. The summed E-state index contributed by atoms with van der Waals surface area (Å²) in [5.41, 5.74) is -0.814. The molecule has 0 heterocycles. The molecule has 0 atom stereocenters. The summed E-state index contributed by atoms with van der Waals surface area (Å²) in [7, 11) is 1.48. The Morgan fingerprint density at radius 1 is 1.17 bits per heavy atom. The van der Waals surface area contributed by atoms with E-state index < -0.39 is 17.6 Å². The SMILES string of the molecule is Bc1ccc(F)c(C(F)(F)F)c1. The van der Waals surface area contributed by atoms with Crippen LogP contribution in [-0.2, 0) is 6.18 Å². The predicted molar refractivity (Wildman–Crippen MR) is 39.6 cm³/mol. The molecule has 1 aromatic carbocycles. The number of hydrogen-bond donors (Lipinski definition) is 0. The molecule has 0 aliphatic heterocycles. The van der Waals surface area contributed by atoms with Crippen LogP contribution in [0.1, 0.15) is 5.56 Å². The largest absolute Gasteiger partial charge is 0.419 e. The topological polar surface area (TPSA) is 0 Å². The van der Waals surface area contributed by atoms with Gasteiger partial charge in [0.15, 0.2) is 0 Å². The van der Waals surface area contributed by atoms with E-state index in [-0.39, 0.29) is 0 Å². The van der Waals surface area contributed by atoms with E-state index in [2.05, 4.69) is 0 Å². The molecule has 0 N–H and O–H groups in total. The number of hydrogen-bond acceptors (Lipinski definition) is 0. The molecule has 5 heteroatoms. The summed E-state index contributed by atoms with van der Waals surface area (Å²) in [5, 5.41) is 0. The number of alkyl halides is 3. The molecule has 0 fully saturated rings. The monoisotopic (exact) mass is 176 g/mol. The zero-order valence-electron chi connectivity index (χ0n) is 6.24. The van der Waals surface area contributed by atoms with Gasteiger partial charge in [-0.1, -0.05) is 17.6 Å². The second-order valence-corrected chi connectivity index (χ2v) is 2.48. The predicted octanol–water partition coefficient (Wildman–Crippen LogP) is 1.10. The van der Waals surface area contributed by atoms with Gasteiger partial charge in [-0.25, -0.2) is 4.39 Å². The van der Waals surface area contributed by atoms with Crippen LogP contribution in [0.3, 0.4) is 0 Å². The van der Waals surface area contributed by atoms with Crippen LogP contribution < -0.4 is 5.46 Å². The smallest absolute Gasteiger partial charge is 0.206 e. The standard InChI is InChI=1S/C7H5BF4/c8-4-1-2-6(9)5(3-4)7(10,11)12/h1-3H,8H2. The van der Waals surface area contributed by atoms with Gasteiger partial charge in [0.1, 0.15) is 13.7 Å². The molecule has 64 valence electrons. The number of halogens is 4. The fourth-order valence-electron chi connectivity index (χ4n) is 0.856. The second kappa shape index (κ2) is 2.81. The third kappa shape index (κ3) is 1.78. The lowest BCUT2D eigenvalue weighted by Gasteiger charge is -2.07. The Kier molecular flexibility index (Phi) is 2.13.